The van der Waals surface area contributed by atoms with E-state index in [-0.39, 0.29) is 5.91 Å². The molecule has 1 saturated heterocycles. The second-order valence-electron chi connectivity index (χ2n) is 5.69. The molecule has 1 aromatic heterocycles. The van der Waals surface area contributed by atoms with Gasteiger partial charge in [-0.1, -0.05) is 18.2 Å². The van der Waals surface area contributed by atoms with E-state index in [0.717, 1.165) is 25.0 Å². The van der Waals surface area contributed by atoms with Crippen LogP contribution in [-0.4, -0.2) is 28.4 Å². The molecule has 4 heteroatoms. The van der Waals surface area contributed by atoms with Crippen molar-refractivity contribution in [3.8, 4) is 0 Å². The molecule has 2 aromatic rings. The van der Waals surface area contributed by atoms with Crippen molar-refractivity contribution in [3.05, 3.63) is 36.0 Å². The van der Waals surface area contributed by atoms with Crippen molar-refractivity contribution in [1.82, 2.24) is 10.3 Å². The van der Waals surface area contributed by atoms with Gasteiger partial charge in [-0.3, -0.25) is 4.79 Å². The number of thioether (sulfide) groups is 1. The number of carbonyl (C=O) groups excluding carboxylic acids is 1. The van der Waals surface area contributed by atoms with Gasteiger partial charge >= 0.3 is 0 Å². The van der Waals surface area contributed by atoms with Crippen LogP contribution in [0.5, 0.6) is 0 Å². The number of carbonyl (C=O) groups is 1. The van der Waals surface area contributed by atoms with Gasteiger partial charge in [0.1, 0.15) is 0 Å². The molecular weight excluding hydrogens is 280 g/mol. The van der Waals surface area contributed by atoms with Gasteiger partial charge in [-0.15, -0.1) is 0 Å². The van der Waals surface area contributed by atoms with E-state index in [1.165, 1.54) is 28.6 Å². The summed E-state index contributed by atoms with van der Waals surface area (Å²) in [5.74, 6) is 2.53. The van der Waals surface area contributed by atoms with Gasteiger partial charge in [-0.25, -0.2) is 0 Å². The van der Waals surface area contributed by atoms with Gasteiger partial charge in [0.05, 0.1) is 0 Å². The normalized spacial score (nSPS) is 18.8. The zero-order valence-electron chi connectivity index (χ0n) is 12.2. The van der Waals surface area contributed by atoms with Crippen LogP contribution in [0.2, 0.25) is 0 Å². The number of nitrogens with one attached hydrogen (secondary N) is 2. The van der Waals surface area contributed by atoms with E-state index in [4.69, 9.17) is 0 Å². The molecule has 0 saturated carbocycles. The largest absolute Gasteiger partial charge is 0.361 e. The quantitative estimate of drug-likeness (QED) is 0.888. The van der Waals surface area contributed by atoms with E-state index in [2.05, 4.69) is 34.7 Å². The first-order valence-electron chi connectivity index (χ1n) is 7.75. The fraction of sp³-hybridized carbons (Fsp3) is 0.471. The van der Waals surface area contributed by atoms with Gasteiger partial charge in [0, 0.05) is 35.3 Å². The standard InChI is InChI=1S/C17H22N2OS/c20-17(19-14-6-4-10-21-12-14)9-3-5-13-11-18-16-8-2-1-7-15(13)16/h1-2,7-8,11,14,18H,3-6,9-10,12H2,(H,19,20). The Kier molecular flexibility index (Phi) is 4.86. The second kappa shape index (κ2) is 7.03. The van der Waals surface area contributed by atoms with Crippen LogP contribution < -0.4 is 5.32 Å². The summed E-state index contributed by atoms with van der Waals surface area (Å²) in [7, 11) is 0. The summed E-state index contributed by atoms with van der Waals surface area (Å²) >= 11 is 1.95. The first-order chi connectivity index (χ1) is 10.3. The van der Waals surface area contributed by atoms with Crippen LogP contribution in [-0.2, 0) is 11.2 Å². The number of H-pyrrole nitrogens is 1. The van der Waals surface area contributed by atoms with E-state index < -0.39 is 0 Å². The monoisotopic (exact) mass is 302 g/mol. The number of aromatic nitrogens is 1. The Labute approximate surface area is 129 Å². The van der Waals surface area contributed by atoms with Gasteiger partial charge in [0.2, 0.25) is 5.91 Å². The molecule has 1 aliphatic rings. The van der Waals surface area contributed by atoms with Crippen molar-refractivity contribution in [1.29, 1.82) is 0 Å². The molecule has 3 rings (SSSR count). The molecule has 21 heavy (non-hydrogen) atoms. The summed E-state index contributed by atoms with van der Waals surface area (Å²) in [6.07, 6.45) is 6.93. The van der Waals surface area contributed by atoms with E-state index in [9.17, 15) is 4.79 Å². The van der Waals surface area contributed by atoms with E-state index in [0.29, 0.717) is 12.5 Å². The number of hydrogen-bond donors (Lipinski definition) is 2. The minimum absolute atomic E-state index is 0.211. The van der Waals surface area contributed by atoms with Crippen molar-refractivity contribution in [2.24, 2.45) is 0 Å². The Morgan fingerprint density at radius 1 is 1.38 bits per heavy atom. The number of benzene rings is 1. The summed E-state index contributed by atoms with van der Waals surface area (Å²) in [6, 6.07) is 8.72. The van der Waals surface area contributed by atoms with Crippen LogP contribution in [0, 0.1) is 0 Å². The molecule has 1 aromatic carbocycles. The van der Waals surface area contributed by atoms with Gasteiger partial charge in [0.15, 0.2) is 0 Å². The summed E-state index contributed by atoms with van der Waals surface area (Å²) in [5.41, 5.74) is 2.49. The lowest BCUT2D eigenvalue weighted by Gasteiger charge is -2.22. The molecule has 0 bridgehead atoms. The highest BCUT2D eigenvalue weighted by Gasteiger charge is 2.15. The predicted molar refractivity (Wildman–Crippen MR) is 89.7 cm³/mol. The third kappa shape index (κ3) is 3.82. The zero-order chi connectivity index (χ0) is 14.5. The maximum absolute atomic E-state index is 12.0. The fourth-order valence-corrected chi connectivity index (χ4v) is 4.00. The average Bonchev–Trinajstić information content (AvgIpc) is 2.92. The van der Waals surface area contributed by atoms with Crippen molar-refractivity contribution >= 4 is 28.6 Å². The summed E-state index contributed by atoms with van der Waals surface area (Å²) in [4.78, 5) is 15.3. The number of aromatic amines is 1. The smallest absolute Gasteiger partial charge is 0.220 e. The lowest BCUT2D eigenvalue weighted by molar-refractivity contribution is -0.121. The molecule has 2 N–H and O–H groups in total. The van der Waals surface area contributed by atoms with Crippen LogP contribution in [0.25, 0.3) is 10.9 Å². The topological polar surface area (TPSA) is 44.9 Å². The summed E-state index contributed by atoms with van der Waals surface area (Å²) in [5, 5.41) is 4.45. The zero-order valence-corrected chi connectivity index (χ0v) is 13.0. The minimum atomic E-state index is 0.211. The van der Waals surface area contributed by atoms with Gasteiger partial charge < -0.3 is 10.3 Å². The Morgan fingerprint density at radius 2 is 2.29 bits per heavy atom. The summed E-state index contributed by atoms with van der Waals surface area (Å²) in [6.45, 7) is 0. The SMILES string of the molecule is O=C(CCCc1c[nH]c2ccccc12)NC1CCCSC1. The van der Waals surface area contributed by atoms with Crippen LogP contribution in [0.4, 0.5) is 0 Å². The maximum atomic E-state index is 12.0. The molecule has 0 aliphatic carbocycles. The van der Waals surface area contributed by atoms with Crippen molar-refractivity contribution < 1.29 is 4.79 Å². The minimum Gasteiger partial charge on any atom is -0.361 e. The highest BCUT2D eigenvalue weighted by molar-refractivity contribution is 7.99. The lowest BCUT2D eigenvalue weighted by Crippen LogP contribution is -2.38. The van der Waals surface area contributed by atoms with Gasteiger partial charge in [-0.2, -0.15) is 11.8 Å². The Balaban J connectivity index is 1.46. The van der Waals surface area contributed by atoms with Crippen LogP contribution in [0.3, 0.4) is 0 Å². The number of para-hydroxylation sites is 1. The third-order valence-corrected chi connectivity index (χ3v) is 5.27. The molecule has 2 heterocycles. The molecular formula is C17H22N2OS. The van der Waals surface area contributed by atoms with Crippen LogP contribution >= 0.6 is 11.8 Å². The number of fused-ring (bicyclic) bond motifs is 1. The Bertz CT molecular complexity index is 602. The highest BCUT2D eigenvalue weighted by Crippen LogP contribution is 2.20. The van der Waals surface area contributed by atoms with Gasteiger partial charge in [0.25, 0.3) is 0 Å². The molecule has 1 aliphatic heterocycles. The molecule has 112 valence electrons. The highest BCUT2D eigenvalue weighted by atomic mass is 32.2. The second-order valence-corrected chi connectivity index (χ2v) is 6.84. The summed E-state index contributed by atoms with van der Waals surface area (Å²) < 4.78 is 0. The van der Waals surface area contributed by atoms with Crippen molar-refractivity contribution in [2.45, 2.75) is 38.1 Å². The van der Waals surface area contributed by atoms with Crippen molar-refractivity contribution in [2.75, 3.05) is 11.5 Å². The molecule has 1 amide bonds. The van der Waals surface area contributed by atoms with Crippen LogP contribution in [0.15, 0.2) is 30.5 Å². The van der Waals surface area contributed by atoms with E-state index in [1.807, 2.05) is 17.8 Å². The van der Waals surface area contributed by atoms with E-state index >= 15 is 0 Å². The molecule has 0 radical (unpaired) electrons. The molecule has 1 atom stereocenters. The number of amides is 1. The number of rotatable bonds is 5. The molecule has 3 nitrogen and oxygen atoms in total. The number of aryl methyl sites for hydroxylation is 1. The predicted octanol–water partition coefficient (Wildman–Crippen LogP) is 3.50. The van der Waals surface area contributed by atoms with Crippen LogP contribution in [0.1, 0.15) is 31.2 Å². The maximum Gasteiger partial charge on any atom is 0.220 e. The number of hydrogen-bond acceptors (Lipinski definition) is 2. The molecule has 0 spiro atoms. The first kappa shape index (κ1) is 14.5. The molecule has 1 unspecified atom stereocenters. The lowest BCUT2D eigenvalue weighted by atomic mass is 10.1. The first-order valence-corrected chi connectivity index (χ1v) is 8.90. The Hall–Kier alpha value is -1.42. The molecule has 1 fully saturated rings. The average molecular weight is 302 g/mol. The van der Waals surface area contributed by atoms with Crippen molar-refractivity contribution in [3.63, 3.8) is 0 Å². The fourth-order valence-electron chi connectivity index (χ4n) is 2.93. The van der Waals surface area contributed by atoms with E-state index in [1.54, 1.807) is 0 Å². The Morgan fingerprint density at radius 3 is 3.14 bits per heavy atom. The van der Waals surface area contributed by atoms with Gasteiger partial charge in [-0.05, 0) is 43.1 Å². The third-order valence-electron chi connectivity index (χ3n) is 4.05.